The highest BCUT2D eigenvalue weighted by atomic mass is 35.5. The lowest BCUT2D eigenvalue weighted by Crippen LogP contribution is -2.31. The summed E-state index contributed by atoms with van der Waals surface area (Å²) in [6.45, 7) is 1.19. The Morgan fingerprint density at radius 3 is 2.59 bits per heavy atom. The smallest absolute Gasteiger partial charge is 0.253 e. The molecule has 1 aliphatic rings. The summed E-state index contributed by atoms with van der Waals surface area (Å²) in [6.07, 6.45) is 1.61. The number of nitrogens with zero attached hydrogens (tertiary/aromatic N) is 2. The molecule has 1 aliphatic heterocycles. The number of benzene rings is 2. The molecular weight excluding hydrogens is 419 g/mol. The Morgan fingerprint density at radius 2 is 1.90 bits per heavy atom. The van der Waals surface area contributed by atoms with Gasteiger partial charge in [0.2, 0.25) is 10.0 Å². The third-order valence-electron chi connectivity index (χ3n) is 4.73. The normalized spacial score (nSPS) is 14.7. The molecule has 2 aromatic rings. The zero-order valence-corrected chi connectivity index (χ0v) is 17.5. The second-order valence-corrected chi connectivity index (χ2v) is 9.08. The average Bonchev–Trinajstić information content (AvgIpc) is 3.25. The molecule has 1 saturated heterocycles. The predicted molar refractivity (Wildman–Crippen MR) is 108 cm³/mol. The van der Waals surface area contributed by atoms with Crippen LogP contribution in [-0.2, 0) is 10.0 Å². The SMILES string of the molecule is CN(CCOc1ccccc1F)C(=O)c1ccc(Cl)c(S(=O)(=O)N2CCCC2)c1. The molecule has 29 heavy (non-hydrogen) atoms. The van der Waals surface area contributed by atoms with Crippen LogP contribution >= 0.6 is 11.6 Å². The maximum absolute atomic E-state index is 13.6. The van der Waals surface area contributed by atoms with Crippen molar-refractivity contribution in [3.63, 3.8) is 0 Å². The van der Waals surface area contributed by atoms with Gasteiger partial charge in [-0.2, -0.15) is 4.31 Å². The van der Waals surface area contributed by atoms with Gasteiger partial charge in [0.1, 0.15) is 11.5 Å². The van der Waals surface area contributed by atoms with Crippen molar-refractivity contribution in [2.75, 3.05) is 33.3 Å². The van der Waals surface area contributed by atoms with Crippen molar-refractivity contribution >= 4 is 27.5 Å². The third kappa shape index (κ3) is 4.88. The molecule has 0 spiro atoms. The Morgan fingerprint density at radius 1 is 1.21 bits per heavy atom. The van der Waals surface area contributed by atoms with Crippen molar-refractivity contribution in [3.05, 3.63) is 58.9 Å². The van der Waals surface area contributed by atoms with Crippen molar-refractivity contribution in [2.24, 2.45) is 0 Å². The minimum absolute atomic E-state index is 0.0667. The van der Waals surface area contributed by atoms with E-state index in [1.54, 1.807) is 19.2 Å². The molecule has 156 valence electrons. The van der Waals surface area contributed by atoms with E-state index < -0.39 is 15.8 Å². The maximum atomic E-state index is 13.6. The van der Waals surface area contributed by atoms with Gasteiger partial charge >= 0.3 is 0 Å². The monoisotopic (exact) mass is 440 g/mol. The van der Waals surface area contributed by atoms with Crippen LogP contribution in [0.5, 0.6) is 5.75 Å². The topological polar surface area (TPSA) is 66.9 Å². The van der Waals surface area contributed by atoms with Crippen LogP contribution in [-0.4, -0.2) is 56.8 Å². The lowest BCUT2D eigenvalue weighted by molar-refractivity contribution is 0.0772. The third-order valence-corrected chi connectivity index (χ3v) is 7.11. The van der Waals surface area contributed by atoms with Gasteiger partial charge in [0.15, 0.2) is 11.6 Å². The second-order valence-electron chi connectivity index (χ2n) is 6.76. The van der Waals surface area contributed by atoms with Crippen LogP contribution in [0.25, 0.3) is 0 Å². The van der Waals surface area contributed by atoms with Crippen LogP contribution in [0.3, 0.4) is 0 Å². The molecule has 1 amide bonds. The van der Waals surface area contributed by atoms with E-state index in [0.717, 1.165) is 12.8 Å². The predicted octanol–water partition coefficient (Wildman–Crippen LogP) is 3.41. The number of para-hydroxylation sites is 1. The number of rotatable bonds is 7. The first-order valence-corrected chi connectivity index (χ1v) is 11.0. The van der Waals surface area contributed by atoms with Crippen LogP contribution in [0.1, 0.15) is 23.2 Å². The first kappa shape index (κ1) is 21.5. The summed E-state index contributed by atoms with van der Waals surface area (Å²) in [5.74, 6) is -0.744. The summed E-state index contributed by atoms with van der Waals surface area (Å²) in [6, 6.07) is 10.2. The van der Waals surface area contributed by atoms with Gasteiger partial charge in [-0.3, -0.25) is 4.79 Å². The van der Waals surface area contributed by atoms with E-state index in [0.29, 0.717) is 13.1 Å². The fourth-order valence-corrected chi connectivity index (χ4v) is 5.10. The fraction of sp³-hybridized carbons (Fsp3) is 0.350. The maximum Gasteiger partial charge on any atom is 0.253 e. The molecule has 0 N–H and O–H groups in total. The van der Waals surface area contributed by atoms with Gasteiger partial charge in [0.25, 0.3) is 5.91 Å². The van der Waals surface area contributed by atoms with E-state index in [-0.39, 0.29) is 40.3 Å². The summed E-state index contributed by atoms with van der Waals surface area (Å²) in [7, 11) is -2.18. The van der Waals surface area contributed by atoms with Crippen LogP contribution < -0.4 is 4.74 Å². The van der Waals surface area contributed by atoms with Gasteiger partial charge in [-0.1, -0.05) is 23.7 Å². The van der Waals surface area contributed by atoms with E-state index in [9.17, 15) is 17.6 Å². The Balaban J connectivity index is 1.69. The number of hydrogen-bond donors (Lipinski definition) is 0. The number of sulfonamides is 1. The molecule has 0 bridgehead atoms. The van der Waals surface area contributed by atoms with E-state index in [4.69, 9.17) is 16.3 Å². The van der Waals surface area contributed by atoms with Crippen LogP contribution in [0.2, 0.25) is 5.02 Å². The summed E-state index contributed by atoms with van der Waals surface area (Å²) in [4.78, 5) is 14.0. The van der Waals surface area contributed by atoms with E-state index in [1.807, 2.05) is 0 Å². The van der Waals surface area contributed by atoms with Crippen molar-refractivity contribution in [2.45, 2.75) is 17.7 Å². The molecule has 0 aliphatic carbocycles. The zero-order valence-electron chi connectivity index (χ0n) is 16.0. The Hall–Kier alpha value is -2.16. The number of halogens is 2. The molecule has 3 rings (SSSR count). The van der Waals surface area contributed by atoms with E-state index in [2.05, 4.69) is 0 Å². The fourth-order valence-electron chi connectivity index (χ4n) is 3.08. The van der Waals surface area contributed by atoms with Gasteiger partial charge < -0.3 is 9.64 Å². The van der Waals surface area contributed by atoms with Crippen molar-refractivity contribution in [1.82, 2.24) is 9.21 Å². The molecule has 6 nitrogen and oxygen atoms in total. The second kappa shape index (κ2) is 9.11. The molecule has 0 saturated carbocycles. The number of ether oxygens (including phenoxy) is 1. The lowest BCUT2D eigenvalue weighted by Gasteiger charge is -2.20. The highest BCUT2D eigenvalue weighted by molar-refractivity contribution is 7.89. The molecule has 2 aromatic carbocycles. The quantitative estimate of drug-likeness (QED) is 0.661. The van der Waals surface area contributed by atoms with Gasteiger partial charge in [0.05, 0.1) is 11.6 Å². The van der Waals surface area contributed by atoms with Gasteiger partial charge in [-0.25, -0.2) is 12.8 Å². The first-order chi connectivity index (χ1) is 13.8. The summed E-state index contributed by atoms with van der Waals surface area (Å²) in [5, 5.41) is 0.0824. The Kier molecular flexibility index (Phi) is 6.77. The number of hydrogen-bond acceptors (Lipinski definition) is 4. The standard InChI is InChI=1S/C20H22ClFN2O4S/c1-23(12-13-28-18-7-3-2-6-17(18)22)20(25)15-8-9-16(21)19(14-15)29(26,27)24-10-4-5-11-24/h2-3,6-9,14H,4-5,10-13H2,1H3. The van der Waals surface area contributed by atoms with Crippen molar-refractivity contribution in [1.29, 1.82) is 0 Å². The van der Waals surface area contributed by atoms with E-state index in [1.165, 1.54) is 39.5 Å². The summed E-state index contributed by atoms with van der Waals surface area (Å²) in [5.41, 5.74) is 0.209. The van der Waals surface area contributed by atoms with E-state index >= 15 is 0 Å². The van der Waals surface area contributed by atoms with Crippen molar-refractivity contribution in [3.8, 4) is 5.75 Å². The first-order valence-electron chi connectivity index (χ1n) is 9.23. The molecule has 1 fully saturated rings. The minimum Gasteiger partial charge on any atom is -0.489 e. The molecule has 9 heteroatoms. The number of amides is 1. The highest BCUT2D eigenvalue weighted by Crippen LogP contribution is 2.28. The molecule has 0 radical (unpaired) electrons. The molecular formula is C20H22ClFN2O4S. The summed E-state index contributed by atoms with van der Waals surface area (Å²) < 4.78 is 46.0. The molecule has 0 atom stereocenters. The summed E-state index contributed by atoms with van der Waals surface area (Å²) >= 11 is 6.12. The molecule has 1 heterocycles. The lowest BCUT2D eigenvalue weighted by atomic mass is 10.2. The van der Waals surface area contributed by atoms with Gasteiger partial charge in [-0.15, -0.1) is 0 Å². The van der Waals surface area contributed by atoms with Crippen LogP contribution in [0.15, 0.2) is 47.4 Å². The van der Waals surface area contributed by atoms with Crippen LogP contribution in [0, 0.1) is 5.82 Å². The molecule has 0 aromatic heterocycles. The van der Waals surface area contributed by atoms with Gasteiger partial charge in [-0.05, 0) is 43.2 Å². The minimum atomic E-state index is -3.74. The van der Waals surface area contributed by atoms with Crippen LogP contribution in [0.4, 0.5) is 4.39 Å². The number of carbonyl (C=O) groups is 1. The number of likely N-dealkylation sites (N-methyl/N-ethyl adjacent to an activating group) is 1. The largest absolute Gasteiger partial charge is 0.489 e. The Bertz CT molecular complexity index is 994. The Labute approximate surface area is 174 Å². The molecule has 0 unspecified atom stereocenters. The highest BCUT2D eigenvalue weighted by Gasteiger charge is 2.30. The van der Waals surface area contributed by atoms with Gasteiger partial charge in [0, 0.05) is 25.7 Å². The number of carbonyl (C=O) groups excluding carboxylic acids is 1. The zero-order chi connectivity index (χ0) is 21.0. The average molecular weight is 441 g/mol. The van der Waals surface area contributed by atoms with Crippen molar-refractivity contribution < 1.29 is 22.3 Å².